The molecule has 0 atom stereocenters. The minimum atomic E-state index is 0.567. The van der Waals surface area contributed by atoms with E-state index < -0.39 is 0 Å². The molecule has 0 bridgehead atoms. The molecule has 1 rings (SSSR count). The molecule has 1 aromatic rings. The summed E-state index contributed by atoms with van der Waals surface area (Å²) < 4.78 is 1.92. The molecule has 1 aromatic heterocycles. The summed E-state index contributed by atoms with van der Waals surface area (Å²) in [5.74, 6) is 0. The molecular formula is C11H18Cl2N2. The Labute approximate surface area is 102 Å². The molecule has 0 saturated heterocycles. The second-order valence-electron chi connectivity index (χ2n) is 3.73. The van der Waals surface area contributed by atoms with E-state index in [1.165, 1.54) is 0 Å². The molecule has 0 saturated carbocycles. The van der Waals surface area contributed by atoms with Gasteiger partial charge < -0.3 is 9.88 Å². The molecule has 0 aromatic carbocycles. The van der Waals surface area contributed by atoms with Crippen molar-refractivity contribution in [3.8, 4) is 0 Å². The van der Waals surface area contributed by atoms with Crippen LogP contribution in [0.25, 0.3) is 0 Å². The zero-order valence-corrected chi connectivity index (χ0v) is 11.0. The van der Waals surface area contributed by atoms with Crippen molar-refractivity contribution in [1.82, 2.24) is 9.88 Å². The summed E-state index contributed by atoms with van der Waals surface area (Å²) in [5.41, 5.74) is 1.12. The fourth-order valence-corrected chi connectivity index (χ4v) is 2.00. The van der Waals surface area contributed by atoms with E-state index >= 15 is 0 Å². The first-order valence-electron chi connectivity index (χ1n) is 5.33. The van der Waals surface area contributed by atoms with Crippen LogP contribution in [0.5, 0.6) is 0 Å². The molecule has 4 heteroatoms. The summed E-state index contributed by atoms with van der Waals surface area (Å²) in [6, 6.07) is 2.48. The number of nitrogens with one attached hydrogen (secondary N) is 1. The fourth-order valence-electron chi connectivity index (χ4n) is 1.58. The Morgan fingerprint density at radius 1 is 1.33 bits per heavy atom. The van der Waals surface area contributed by atoms with Gasteiger partial charge in [-0.05, 0) is 18.9 Å². The quantitative estimate of drug-likeness (QED) is 0.843. The standard InChI is InChI=1S/C11H18Cl2N2/c1-4-8(5-2)14-7-9-6-10(12)11(13)15(9)3/h6,8,14H,4-5,7H2,1-3H3. The van der Waals surface area contributed by atoms with Crippen LogP contribution in [0.4, 0.5) is 0 Å². The van der Waals surface area contributed by atoms with E-state index in [0.717, 1.165) is 25.1 Å². The number of rotatable bonds is 5. The Morgan fingerprint density at radius 2 is 1.93 bits per heavy atom. The average Bonchev–Trinajstić information content (AvgIpc) is 2.48. The van der Waals surface area contributed by atoms with Crippen LogP contribution >= 0.6 is 23.2 Å². The first-order valence-corrected chi connectivity index (χ1v) is 6.08. The Hall–Kier alpha value is -0.180. The van der Waals surface area contributed by atoms with Gasteiger partial charge in [-0.25, -0.2) is 0 Å². The monoisotopic (exact) mass is 248 g/mol. The first-order chi connectivity index (χ1) is 7.10. The van der Waals surface area contributed by atoms with Gasteiger partial charge in [-0.15, -0.1) is 0 Å². The number of aromatic nitrogens is 1. The maximum Gasteiger partial charge on any atom is 0.127 e. The predicted molar refractivity (Wildman–Crippen MR) is 66.6 cm³/mol. The van der Waals surface area contributed by atoms with Gasteiger partial charge in [0.25, 0.3) is 0 Å². The molecule has 0 amide bonds. The van der Waals surface area contributed by atoms with Gasteiger partial charge in [-0.1, -0.05) is 37.0 Å². The summed E-state index contributed by atoms with van der Waals surface area (Å²) >= 11 is 11.9. The third-order valence-electron chi connectivity index (χ3n) is 2.77. The lowest BCUT2D eigenvalue weighted by Crippen LogP contribution is -2.27. The fraction of sp³-hybridized carbons (Fsp3) is 0.636. The summed E-state index contributed by atoms with van der Waals surface area (Å²) in [5, 5.41) is 4.71. The maximum absolute atomic E-state index is 5.98. The molecule has 0 fully saturated rings. The van der Waals surface area contributed by atoms with Crippen LogP contribution in [-0.2, 0) is 13.6 Å². The van der Waals surface area contributed by atoms with Crippen molar-refractivity contribution >= 4 is 23.2 Å². The molecule has 0 aliphatic heterocycles. The summed E-state index contributed by atoms with van der Waals surface area (Å²) in [6.45, 7) is 5.19. The van der Waals surface area contributed by atoms with E-state index in [-0.39, 0.29) is 0 Å². The van der Waals surface area contributed by atoms with Gasteiger partial charge in [-0.3, -0.25) is 0 Å². The molecule has 1 N–H and O–H groups in total. The smallest absolute Gasteiger partial charge is 0.127 e. The minimum Gasteiger partial charge on any atom is -0.336 e. The van der Waals surface area contributed by atoms with E-state index in [9.17, 15) is 0 Å². The highest BCUT2D eigenvalue weighted by molar-refractivity contribution is 6.41. The van der Waals surface area contributed by atoms with E-state index in [4.69, 9.17) is 23.2 Å². The van der Waals surface area contributed by atoms with E-state index in [2.05, 4.69) is 19.2 Å². The highest BCUT2D eigenvalue weighted by Gasteiger charge is 2.09. The lowest BCUT2D eigenvalue weighted by atomic mass is 10.2. The highest BCUT2D eigenvalue weighted by atomic mass is 35.5. The molecule has 0 spiro atoms. The summed E-state index contributed by atoms with van der Waals surface area (Å²) in [4.78, 5) is 0. The topological polar surface area (TPSA) is 17.0 Å². The molecule has 86 valence electrons. The van der Waals surface area contributed by atoms with Crippen molar-refractivity contribution in [3.63, 3.8) is 0 Å². The van der Waals surface area contributed by atoms with Crippen molar-refractivity contribution in [3.05, 3.63) is 21.9 Å². The summed E-state index contributed by atoms with van der Waals surface area (Å²) in [7, 11) is 1.93. The third-order valence-corrected chi connectivity index (χ3v) is 3.62. The van der Waals surface area contributed by atoms with Crippen LogP contribution in [0.2, 0.25) is 10.2 Å². The summed E-state index contributed by atoms with van der Waals surface area (Å²) in [6.07, 6.45) is 2.28. The minimum absolute atomic E-state index is 0.567. The van der Waals surface area contributed by atoms with Gasteiger partial charge in [-0.2, -0.15) is 0 Å². The van der Waals surface area contributed by atoms with Gasteiger partial charge in [0.1, 0.15) is 5.15 Å². The largest absolute Gasteiger partial charge is 0.336 e. The Morgan fingerprint density at radius 3 is 2.33 bits per heavy atom. The zero-order chi connectivity index (χ0) is 11.4. The number of hydrogen-bond acceptors (Lipinski definition) is 1. The molecule has 0 unspecified atom stereocenters. The molecule has 15 heavy (non-hydrogen) atoms. The van der Waals surface area contributed by atoms with Gasteiger partial charge in [0.2, 0.25) is 0 Å². The van der Waals surface area contributed by atoms with E-state index in [1.807, 2.05) is 17.7 Å². The van der Waals surface area contributed by atoms with E-state index in [0.29, 0.717) is 16.2 Å². The predicted octanol–water partition coefficient (Wildman–Crippen LogP) is 3.61. The number of hydrogen-bond donors (Lipinski definition) is 1. The van der Waals surface area contributed by atoms with Crippen molar-refractivity contribution in [1.29, 1.82) is 0 Å². The van der Waals surface area contributed by atoms with Crippen LogP contribution in [0.3, 0.4) is 0 Å². The molecule has 0 radical (unpaired) electrons. The SMILES string of the molecule is CCC(CC)NCc1cc(Cl)c(Cl)n1C. The average molecular weight is 249 g/mol. The first kappa shape index (κ1) is 12.9. The van der Waals surface area contributed by atoms with Gasteiger partial charge >= 0.3 is 0 Å². The van der Waals surface area contributed by atoms with E-state index in [1.54, 1.807) is 0 Å². The van der Waals surface area contributed by atoms with Crippen LogP contribution in [0.1, 0.15) is 32.4 Å². The van der Waals surface area contributed by atoms with Crippen molar-refractivity contribution in [2.24, 2.45) is 7.05 Å². The van der Waals surface area contributed by atoms with Crippen LogP contribution < -0.4 is 5.32 Å². The second-order valence-corrected chi connectivity index (χ2v) is 4.49. The lowest BCUT2D eigenvalue weighted by molar-refractivity contribution is 0.476. The Balaban J connectivity index is 2.61. The molecule has 0 aliphatic rings. The van der Waals surface area contributed by atoms with Crippen LogP contribution in [0, 0.1) is 0 Å². The van der Waals surface area contributed by atoms with Crippen LogP contribution in [-0.4, -0.2) is 10.6 Å². The van der Waals surface area contributed by atoms with Gasteiger partial charge in [0.05, 0.1) is 5.02 Å². The van der Waals surface area contributed by atoms with Crippen molar-refractivity contribution in [2.75, 3.05) is 0 Å². The van der Waals surface area contributed by atoms with Gasteiger partial charge in [0.15, 0.2) is 0 Å². The van der Waals surface area contributed by atoms with Gasteiger partial charge in [0, 0.05) is 25.3 Å². The Kier molecular flexibility index (Phi) is 4.97. The molecule has 0 aliphatic carbocycles. The zero-order valence-electron chi connectivity index (χ0n) is 9.48. The van der Waals surface area contributed by atoms with Crippen LogP contribution in [0.15, 0.2) is 6.07 Å². The maximum atomic E-state index is 5.98. The lowest BCUT2D eigenvalue weighted by Gasteiger charge is -2.14. The second kappa shape index (κ2) is 5.78. The normalized spacial score (nSPS) is 11.3. The molecular weight excluding hydrogens is 231 g/mol. The van der Waals surface area contributed by atoms with Crippen molar-refractivity contribution < 1.29 is 0 Å². The highest BCUT2D eigenvalue weighted by Crippen LogP contribution is 2.25. The van der Waals surface area contributed by atoms with Crippen molar-refractivity contribution in [2.45, 2.75) is 39.3 Å². The number of nitrogens with zero attached hydrogens (tertiary/aromatic N) is 1. The Bertz CT molecular complexity index is 317. The molecule has 1 heterocycles. The number of halogens is 2. The molecule has 2 nitrogen and oxygen atoms in total. The third kappa shape index (κ3) is 3.13.